The SMILES string of the molecule is Cc1cc(C)cc(C2CC(O)c3cc(C)ccc3O2)c1. The number of hydrogen-bond acceptors (Lipinski definition) is 2. The molecule has 0 bridgehead atoms. The molecule has 0 aromatic heterocycles. The Morgan fingerprint density at radius 2 is 1.65 bits per heavy atom. The minimum Gasteiger partial charge on any atom is -0.485 e. The fourth-order valence-corrected chi connectivity index (χ4v) is 2.97. The van der Waals surface area contributed by atoms with E-state index in [1.54, 1.807) is 0 Å². The first kappa shape index (κ1) is 13.2. The van der Waals surface area contributed by atoms with Gasteiger partial charge in [-0.2, -0.15) is 0 Å². The Morgan fingerprint density at radius 1 is 0.950 bits per heavy atom. The third kappa shape index (κ3) is 2.44. The molecule has 0 fully saturated rings. The molecule has 2 atom stereocenters. The third-order valence-electron chi connectivity index (χ3n) is 3.85. The average molecular weight is 268 g/mol. The van der Waals surface area contributed by atoms with Crippen molar-refractivity contribution in [1.29, 1.82) is 0 Å². The maximum absolute atomic E-state index is 10.4. The number of benzene rings is 2. The summed E-state index contributed by atoms with van der Waals surface area (Å²) in [5.41, 5.74) is 5.66. The van der Waals surface area contributed by atoms with E-state index in [4.69, 9.17) is 4.74 Å². The lowest BCUT2D eigenvalue weighted by atomic mass is 9.92. The van der Waals surface area contributed by atoms with Gasteiger partial charge in [-0.3, -0.25) is 0 Å². The highest BCUT2D eigenvalue weighted by atomic mass is 16.5. The number of aliphatic hydroxyl groups excluding tert-OH is 1. The van der Waals surface area contributed by atoms with Crippen LogP contribution in [-0.4, -0.2) is 5.11 Å². The van der Waals surface area contributed by atoms with Crippen LogP contribution in [-0.2, 0) is 0 Å². The van der Waals surface area contributed by atoms with Crippen LogP contribution in [0.25, 0.3) is 0 Å². The highest BCUT2D eigenvalue weighted by Crippen LogP contribution is 2.41. The largest absolute Gasteiger partial charge is 0.485 e. The van der Waals surface area contributed by atoms with Crippen LogP contribution in [0.4, 0.5) is 0 Å². The predicted octanol–water partition coefficient (Wildman–Crippen LogP) is 4.17. The molecule has 0 saturated heterocycles. The van der Waals surface area contributed by atoms with Gasteiger partial charge in [-0.15, -0.1) is 0 Å². The maximum atomic E-state index is 10.4. The van der Waals surface area contributed by atoms with Crippen LogP contribution in [0, 0.1) is 20.8 Å². The predicted molar refractivity (Wildman–Crippen MR) is 80.0 cm³/mol. The first-order valence-electron chi connectivity index (χ1n) is 7.06. The summed E-state index contributed by atoms with van der Waals surface area (Å²) < 4.78 is 6.09. The Kier molecular flexibility index (Phi) is 3.27. The van der Waals surface area contributed by atoms with Crippen molar-refractivity contribution in [3.05, 3.63) is 64.2 Å². The van der Waals surface area contributed by atoms with Crippen LogP contribution < -0.4 is 4.74 Å². The average Bonchev–Trinajstić information content (AvgIpc) is 2.38. The fraction of sp³-hybridized carbons (Fsp3) is 0.333. The van der Waals surface area contributed by atoms with E-state index < -0.39 is 6.10 Å². The van der Waals surface area contributed by atoms with Crippen LogP contribution >= 0.6 is 0 Å². The lowest BCUT2D eigenvalue weighted by Crippen LogP contribution is -2.19. The highest BCUT2D eigenvalue weighted by Gasteiger charge is 2.28. The van der Waals surface area contributed by atoms with Crippen molar-refractivity contribution in [1.82, 2.24) is 0 Å². The summed E-state index contributed by atoms with van der Waals surface area (Å²) in [6.45, 7) is 6.21. The summed E-state index contributed by atoms with van der Waals surface area (Å²) in [6, 6.07) is 12.4. The second-order valence-corrected chi connectivity index (χ2v) is 5.82. The van der Waals surface area contributed by atoms with Crippen molar-refractivity contribution >= 4 is 0 Å². The molecule has 0 amide bonds. The van der Waals surface area contributed by atoms with E-state index in [1.165, 1.54) is 11.1 Å². The molecule has 2 aromatic rings. The molecule has 20 heavy (non-hydrogen) atoms. The minimum atomic E-state index is -0.454. The number of fused-ring (bicyclic) bond motifs is 1. The number of hydrogen-bond donors (Lipinski definition) is 1. The molecule has 0 spiro atoms. The zero-order chi connectivity index (χ0) is 14.3. The van der Waals surface area contributed by atoms with Crippen molar-refractivity contribution < 1.29 is 9.84 Å². The van der Waals surface area contributed by atoms with Gasteiger partial charge in [0, 0.05) is 12.0 Å². The lowest BCUT2D eigenvalue weighted by Gasteiger charge is -2.30. The summed E-state index contributed by atoms with van der Waals surface area (Å²) in [4.78, 5) is 0. The van der Waals surface area contributed by atoms with Crippen molar-refractivity contribution in [3.8, 4) is 5.75 Å². The highest BCUT2D eigenvalue weighted by molar-refractivity contribution is 5.41. The molecule has 2 heteroatoms. The molecule has 2 aromatic carbocycles. The number of aryl methyl sites for hydroxylation is 3. The zero-order valence-electron chi connectivity index (χ0n) is 12.2. The smallest absolute Gasteiger partial charge is 0.127 e. The minimum absolute atomic E-state index is 0.0705. The first-order valence-corrected chi connectivity index (χ1v) is 7.06. The van der Waals surface area contributed by atoms with E-state index in [2.05, 4.69) is 32.0 Å². The molecule has 1 aliphatic heterocycles. The molecular formula is C18H20O2. The molecule has 104 valence electrons. The van der Waals surface area contributed by atoms with Gasteiger partial charge in [-0.25, -0.2) is 0 Å². The summed E-state index contributed by atoms with van der Waals surface area (Å²) in [5, 5.41) is 10.4. The molecule has 1 N–H and O–H groups in total. The van der Waals surface area contributed by atoms with E-state index in [0.29, 0.717) is 6.42 Å². The molecule has 0 aliphatic carbocycles. The molecule has 1 heterocycles. The van der Waals surface area contributed by atoms with Crippen LogP contribution in [0.3, 0.4) is 0 Å². The van der Waals surface area contributed by atoms with Crippen molar-refractivity contribution in [2.24, 2.45) is 0 Å². The maximum Gasteiger partial charge on any atom is 0.127 e. The summed E-state index contributed by atoms with van der Waals surface area (Å²) in [7, 11) is 0. The van der Waals surface area contributed by atoms with E-state index in [1.807, 2.05) is 25.1 Å². The van der Waals surface area contributed by atoms with Gasteiger partial charge in [0.15, 0.2) is 0 Å². The standard InChI is InChI=1S/C18H20O2/c1-11-4-5-17-15(9-11)16(19)10-18(20-17)14-7-12(2)6-13(3)8-14/h4-9,16,18-19H,10H2,1-3H3. The van der Waals surface area contributed by atoms with E-state index in [-0.39, 0.29) is 6.10 Å². The van der Waals surface area contributed by atoms with Gasteiger partial charge in [0.25, 0.3) is 0 Å². The van der Waals surface area contributed by atoms with Gasteiger partial charge in [0.05, 0.1) is 6.10 Å². The molecular weight excluding hydrogens is 248 g/mol. The van der Waals surface area contributed by atoms with Gasteiger partial charge >= 0.3 is 0 Å². The lowest BCUT2D eigenvalue weighted by molar-refractivity contribution is 0.0656. The Morgan fingerprint density at radius 3 is 2.35 bits per heavy atom. The second kappa shape index (κ2) is 4.95. The molecule has 0 radical (unpaired) electrons. The third-order valence-corrected chi connectivity index (χ3v) is 3.85. The Bertz CT molecular complexity index is 626. The Balaban J connectivity index is 1.96. The van der Waals surface area contributed by atoms with Gasteiger partial charge in [0.2, 0.25) is 0 Å². The second-order valence-electron chi connectivity index (χ2n) is 5.82. The molecule has 0 saturated carbocycles. The van der Waals surface area contributed by atoms with Crippen LogP contribution in [0.1, 0.15) is 46.4 Å². The Labute approximate surface area is 120 Å². The molecule has 2 unspecified atom stereocenters. The van der Waals surface area contributed by atoms with E-state index >= 15 is 0 Å². The molecule has 1 aliphatic rings. The summed E-state index contributed by atoms with van der Waals surface area (Å²) in [5.74, 6) is 0.804. The monoisotopic (exact) mass is 268 g/mol. The van der Waals surface area contributed by atoms with Gasteiger partial charge in [-0.05, 0) is 38.5 Å². The van der Waals surface area contributed by atoms with E-state index in [9.17, 15) is 5.11 Å². The quantitative estimate of drug-likeness (QED) is 0.841. The summed E-state index contributed by atoms with van der Waals surface area (Å²) in [6.07, 6.45) is 0.0857. The first-order chi connectivity index (χ1) is 9.52. The van der Waals surface area contributed by atoms with E-state index in [0.717, 1.165) is 22.4 Å². The van der Waals surface area contributed by atoms with Crippen molar-refractivity contribution in [2.75, 3.05) is 0 Å². The van der Waals surface area contributed by atoms with Crippen molar-refractivity contribution in [3.63, 3.8) is 0 Å². The molecule has 3 rings (SSSR count). The van der Waals surface area contributed by atoms with Crippen LogP contribution in [0.15, 0.2) is 36.4 Å². The van der Waals surface area contributed by atoms with Gasteiger partial charge < -0.3 is 9.84 Å². The van der Waals surface area contributed by atoms with Crippen LogP contribution in [0.2, 0.25) is 0 Å². The fourth-order valence-electron chi connectivity index (χ4n) is 2.97. The number of ether oxygens (including phenoxy) is 1. The van der Waals surface area contributed by atoms with Crippen molar-refractivity contribution in [2.45, 2.75) is 39.4 Å². The number of rotatable bonds is 1. The topological polar surface area (TPSA) is 29.5 Å². The van der Waals surface area contributed by atoms with Gasteiger partial charge in [0.1, 0.15) is 11.9 Å². The normalized spacial score (nSPS) is 21.2. The molecule has 2 nitrogen and oxygen atoms in total. The number of aliphatic hydroxyl groups is 1. The summed E-state index contributed by atoms with van der Waals surface area (Å²) >= 11 is 0. The van der Waals surface area contributed by atoms with Crippen LogP contribution in [0.5, 0.6) is 5.75 Å². The zero-order valence-corrected chi connectivity index (χ0v) is 12.2. The van der Waals surface area contributed by atoms with Gasteiger partial charge in [-0.1, -0.05) is 41.0 Å². The Hall–Kier alpha value is -1.80.